The Balaban J connectivity index is 2.12. The maximum absolute atomic E-state index is 12.4. The summed E-state index contributed by atoms with van der Waals surface area (Å²) in [5.74, 6) is -0.819. The van der Waals surface area contributed by atoms with Gasteiger partial charge in [0, 0.05) is 6.61 Å². The Morgan fingerprint density at radius 1 is 1.05 bits per heavy atom. The predicted molar refractivity (Wildman–Crippen MR) is 84.9 cm³/mol. The van der Waals surface area contributed by atoms with Crippen molar-refractivity contribution in [3.63, 3.8) is 0 Å². The number of carbonyl (C=O) groups is 1. The molecule has 22 heavy (non-hydrogen) atoms. The van der Waals surface area contributed by atoms with Gasteiger partial charge in [-0.05, 0) is 30.4 Å². The second-order valence-corrected chi connectivity index (χ2v) is 5.78. The van der Waals surface area contributed by atoms with Crippen molar-refractivity contribution in [1.29, 1.82) is 0 Å². The molecular formula is C19H20O3. The van der Waals surface area contributed by atoms with Gasteiger partial charge in [-0.3, -0.25) is 4.79 Å². The fraction of sp³-hybridized carbons (Fsp3) is 0.316. The minimum atomic E-state index is -1.06. The van der Waals surface area contributed by atoms with E-state index in [1.54, 1.807) is 0 Å². The lowest BCUT2D eigenvalue weighted by Crippen LogP contribution is -2.40. The molecule has 1 fully saturated rings. The van der Waals surface area contributed by atoms with Crippen molar-refractivity contribution in [2.45, 2.75) is 30.8 Å². The lowest BCUT2D eigenvalue weighted by Gasteiger charge is -2.32. The van der Waals surface area contributed by atoms with E-state index in [0.717, 1.165) is 30.6 Å². The molecule has 1 atom stereocenters. The van der Waals surface area contributed by atoms with Crippen LogP contribution in [0.15, 0.2) is 60.7 Å². The number of benzene rings is 2. The van der Waals surface area contributed by atoms with Gasteiger partial charge in [-0.1, -0.05) is 60.7 Å². The van der Waals surface area contributed by atoms with Gasteiger partial charge in [-0.15, -0.1) is 0 Å². The average Bonchev–Trinajstić information content (AvgIpc) is 3.07. The normalized spacial score (nSPS) is 18.3. The van der Waals surface area contributed by atoms with Crippen LogP contribution >= 0.6 is 0 Å². The molecule has 114 valence electrons. The molecular weight excluding hydrogens is 276 g/mol. The van der Waals surface area contributed by atoms with Crippen molar-refractivity contribution in [2.75, 3.05) is 6.61 Å². The van der Waals surface area contributed by atoms with Gasteiger partial charge >= 0.3 is 5.97 Å². The zero-order valence-corrected chi connectivity index (χ0v) is 12.4. The van der Waals surface area contributed by atoms with E-state index in [-0.39, 0.29) is 6.10 Å². The van der Waals surface area contributed by atoms with Gasteiger partial charge in [0.1, 0.15) is 5.41 Å². The summed E-state index contributed by atoms with van der Waals surface area (Å²) in [5.41, 5.74) is 0.561. The Morgan fingerprint density at radius 3 is 2.00 bits per heavy atom. The fourth-order valence-electron chi connectivity index (χ4n) is 3.33. The summed E-state index contributed by atoms with van der Waals surface area (Å²) < 4.78 is 5.74. The molecule has 3 nitrogen and oxygen atoms in total. The summed E-state index contributed by atoms with van der Waals surface area (Å²) in [5, 5.41) is 10.1. The van der Waals surface area contributed by atoms with Gasteiger partial charge in [0.05, 0.1) is 6.10 Å². The number of hydrogen-bond donors (Lipinski definition) is 1. The molecule has 0 aliphatic carbocycles. The van der Waals surface area contributed by atoms with Gasteiger partial charge in [0.2, 0.25) is 0 Å². The Kier molecular flexibility index (Phi) is 4.25. The SMILES string of the molecule is O=C(O)C(CC1CCCO1)(c1ccccc1)c1ccccc1. The summed E-state index contributed by atoms with van der Waals surface area (Å²) in [6.07, 6.45) is 2.39. The molecule has 1 aliphatic heterocycles. The predicted octanol–water partition coefficient (Wildman–Crippen LogP) is 3.63. The smallest absolute Gasteiger partial charge is 0.318 e. The number of rotatable bonds is 5. The maximum Gasteiger partial charge on any atom is 0.318 e. The Bertz CT molecular complexity index is 576. The standard InChI is InChI=1S/C19H20O3/c20-18(21)19(14-17-12-7-13-22-17,15-8-3-1-4-9-15)16-10-5-2-6-11-16/h1-6,8-11,17H,7,12-14H2,(H,20,21). The van der Waals surface area contributed by atoms with Crippen molar-refractivity contribution in [1.82, 2.24) is 0 Å². The van der Waals surface area contributed by atoms with Crippen LogP contribution in [0.5, 0.6) is 0 Å². The van der Waals surface area contributed by atoms with Gasteiger partial charge in [0.15, 0.2) is 0 Å². The number of carboxylic acids is 1. The highest BCUT2D eigenvalue weighted by atomic mass is 16.5. The molecule has 0 saturated carbocycles. The lowest BCUT2D eigenvalue weighted by atomic mass is 9.70. The minimum absolute atomic E-state index is 0.00323. The second kappa shape index (κ2) is 6.32. The van der Waals surface area contributed by atoms with E-state index in [9.17, 15) is 9.90 Å². The number of carboxylic acid groups (broad SMARTS) is 1. The van der Waals surface area contributed by atoms with Crippen molar-refractivity contribution < 1.29 is 14.6 Å². The maximum atomic E-state index is 12.4. The number of hydrogen-bond acceptors (Lipinski definition) is 2. The van der Waals surface area contributed by atoms with E-state index in [4.69, 9.17) is 4.74 Å². The fourth-order valence-corrected chi connectivity index (χ4v) is 3.33. The first-order valence-electron chi connectivity index (χ1n) is 7.69. The molecule has 2 aromatic rings. The van der Waals surface area contributed by atoms with Gasteiger partial charge < -0.3 is 9.84 Å². The molecule has 1 unspecified atom stereocenters. The highest BCUT2D eigenvalue weighted by Gasteiger charge is 2.44. The zero-order chi connectivity index (χ0) is 15.4. The van der Waals surface area contributed by atoms with Crippen molar-refractivity contribution in [3.05, 3.63) is 71.8 Å². The first kappa shape index (κ1) is 14.8. The summed E-state index contributed by atoms with van der Waals surface area (Å²) in [4.78, 5) is 12.4. The van der Waals surface area contributed by atoms with Gasteiger partial charge in [0.25, 0.3) is 0 Å². The Hall–Kier alpha value is -2.13. The molecule has 1 heterocycles. The molecule has 2 aromatic carbocycles. The van der Waals surface area contributed by atoms with E-state index < -0.39 is 11.4 Å². The van der Waals surface area contributed by atoms with E-state index >= 15 is 0 Å². The molecule has 0 spiro atoms. The molecule has 0 amide bonds. The Labute approximate surface area is 130 Å². The van der Waals surface area contributed by atoms with Gasteiger partial charge in [-0.2, -0.15) is 0 Å². The van der Waals surface area contributed by atoms with Crippen molar-refractivity contribution in [3.8, 4) is 0 Å². The van der Waals surface area contributed by atoms with Crippen LogP contribution in [0.1, 0.15) is 30.4 Å². The molecule has 3 rings (SSSR count). The van der Waals surface area contributed by atoms with Crippen molar-refractivity contribution >= 4 is 5.97 Å². The zero-order valence-electron chi connectivity index (χ0n) is 12.4. The number of ether oxygens (including phenoxy) is 1. The van der Waals surface area contributed by atoms with E-state index in [2.05, 4.69) is 0 Å². The molecule has 1 N–H and O–H groups in total. The van der Waals surface area contributed by atoms with Crippen LogP contribution in [0.3, 0.4) is 0 Å². The van der Waals surface area contributed by atoms with Crippen LogP contribution in [0.4, 0.5) is 0 Å². The quantitative estimate of drug-likeness (QED) is 0.916. The average molecular weight is 296 g/mol. The third kappa shape index (κ3) is 2.64. The summed E-state index contributed by atoms with van der Waals surface area (Å²) in [7, 11) is 0. The monoisotopic (exact) mass is 296 g/mol. The molecule has 0 aromatic heterocycles. The second-order valence-electron chi connectivity index (χ2n) is 5.78. The van der Waals surface area contributed by atoms with Crippen molar-refractivity contribution in [2.24, 2.45) is 0 Å². The van der Waals surface area contributed by atoms with E-state index in [1.807, 2.05) is 60.7 Å². The highest BCUT2D eigenvalue weighted by molar-refractivity contribution is 5.86. The van der Waals surface area contributed by atoms with Crippen LogP contribution in [-0.4, -0.2) is 23.8 Å². The van der Waals surface area contributed by atoms with Crippen LogP contribution in [0, 0.1) is 0 Å². The lowest BCUT2D eigenvalue weighted by molar-refractivity contribution is -0.143. The molecule has 3 heteroatoms. The number of aliphatic carboxylic acids is 1. The molecule has 0 radical (unpaired) electrons. The first-order chi connectivity index (χ1) is 10.7. The van der Waals surface area contributed by atoms with E-state index in [0.29, 0.717) is 6.42 Å². The van der Waals surface area contributed by atoms with Crippen LogP contribution in [0.2, 0.25) is 0 Å². The largest absolute Gasteiger partial charge is 0.480 e. The molecule has 1 saturated heterocycles. The third-order valence-corrected chi connectivity index (χ3v) is 4.46. The third-order valence-electron chi connectivity index (χ3n) is 4.46. The molecule has 1 aliphatic rings. The topological polar surface area (TPSA) is 46.5 Å². The Morgan fingerprint density at radius 2 is 1.59 bits per heavy atom. The summed E-state index contributed by atoms with van der Waals surface area (Å²) in [6, 6.07) is 19.0. The van der Waals surface area contributed by atoms with Crippen LogP contribution in [-0.2, 0) is 14.9 Å². The molecule has 0 bridgehead atoms. The van der Waals surface area contributed by atoms with Gasteiger partial charge in [-0.25, -0.2) is 0 Å². The van der Waals surface area contributed by atoms with Crippen LogP contribution < -0.4 is 0 Å². The minimum Gasteiger partial charge on any atom is -0.480 e. The van der Waals surface area contributed by atoms with E-state index in [1.165, 1.54) is 0 Å². The summed E-state index contributed by atoms with van der Waals surface area (Å²) in [6.45, 7) is 0.726. The summed E-state index contributed by atoms with van der Waals surface area (Å²) >= 11 is 0. The van der Waals surface area contributed by atoms with Crippen LogP contribution in [0.25, 0.3) is 0 Å². The first-order valence-corrected chi connectivity index (χ1v) is 7.69. The highest BCUT2D eigenvalue weighted by Crippen LogP contribution is 2.39.